The molecule has 39 heavy (non-hydrogen) atoms. The Morgan fingerprint density at radius 3 is 2.46 bits per heavy atom. The molecule has 0 aliphatic heterocycles. The van der Waals surface area contributed by atoms with Gasteiger partial charge in [0.2, 0.25) is 0 Å². The molecule has 0 unspecified atom stereocenters. The summed E-state index contributed by atoms with van der Waals surface area (Å²) in [5.41, 5.74) is -1.10. The first-order valence-corrected chi connectivity index (χ1v) is 12.9. The van der Waals surface area contributed by atoms with Crippen LogP contribution in [0, 0.1) is 17.5 Å². The summed E-state index contributed by atoms with van der Waals surface area (Å²) in [6, 6.07) is 4.77. The minimum absolute atomic E-state index is 0.0509. The van der Waals surface area contributed by atoms with Gasteiger partial charge in [0.05, 0.1) is 22.1 Å². The minimum Gasteiger partial charge on any atom is -0.349 e. The molecule has 0 saturated heterocycles. The van der Waals surface area contributed by atoms with Crippen molar-refractivity contribution in [3.8, 4) is 5.69 Å². The van der Waals surface area contributed by atoms with E-state index < -0.39 is 34.7 Å². The summed E-state index contributed by atoms with van der Waals surface area (Å²) >= 11 is 1.24. The Labute approximate surface area is 221 Å². The Hall–Kier alpha value is -4.39. The first-order valence-electron chi connectivity index (χ1n) is 12.1. The smallest absolute Gasteiger partial charge is 0.337 e. The molecule has 13 heteroatoms. The van der Waals surface area contributed by atoms with Crippen molar-refractivity contribution in [3.63, 3.8) is 0 Å². The minimum atomic E-state index is -1.19. The Bertz CT molecular complexity index is 1840. The van der Waals surface area contributed by atoms with Gasteiger partial charge >= 0.3 is 5.69 Å². The molecule has 1 fully saturated rings. The zero-order valence-electron chi connectivity index (χ0n) is 20.1. The van der Waals surface area contributed by atoms with Crippen LogP contribution in [-0.2, 0) is 0 Å². The van der Waals surface area contributed by atoms with Gasteiger partial charge in [-0.25, -0.2) is 32.5 Å². The summed E-state index contributed by atoms with van der Waals surface area (Å²) in [5, 5.41) is 2.83. The standard InChI is InChI=1S/C26H19F3N6O3S/c27-13-9-17-22(32-12-13)34(16-5-6-18(28)19(29)10-16)26(38)35(25(17)37)15-3-1-14(2-4-15)33-23(36)21-11-20-24(39-21)31-8-7-30-20/h5-12,14-15H,1-4H2,(H,33,36). The van der Waals surface area contributed by atoms with Crippen LogP contribution in [-0.4, -0.2) is 36.0 Å². The van der Waals surface area contributed by atoms with E-state index in [4.69, 9.17) is 0 Å². The lowest BCUT2D eigenvalue weighted by Gasteiger charge is -2.30. The van der Waals surface area contributed by atoms with Crippen LogP contribution in [0.25, 0.3) is 27.1 Å². The van der Waals surface area contributed by atoms with Crippen molar-refractivity contribution < 1.29 is 18.0 Å². The van der Waals surface area contributed by atoms with Crippen LogP contribution < -0.4 is 16.6 Å². The Morgan fingerprint density at radius 1 is 0.949 bits per heavy atom. The number of nitrogens with one attached hydrogen (secondary N) is 1. The van der Waals surface area contributed by atoms with Gasteiger partial charge in [-0.3, -0.25) is 19.1 Å². The van der Waals surface area contributed by atoms with Crippen molar-refractivity contribution in [2.75, 3.05) is 0 Å². The molecule has 0 atom stereocenters. The zero-order chi connectivity index (χ0) is 27.3. The van der Waals surface area contributed by atoms with E-state index in [1.165, 1.54) is 17.4 Å². The van der Waals surface area contributed by atoms with Crippen molar-refractivity contribution in [2.24, 2.45) is 0 Å². The normalized spacial score (nSPS) is 17.5. The Morgan fingerprint density at radius 2 is 1.72 bits per heavy atom. The van der Waals surface area contributed by atoms with Gasteiger partial charge in [0.15, 0.2) is 17.3 Å². The molecule has 1 aromatic carbocycles. The van der Waals surface area contributed by atoms with Crippen molar-refractivity contribution in [3.05, 3.63) is 92.1 Å². The third-order valence-corrected chi connectivity index (χ3v) is 7.87. The Balaban J connectivity index is 1.30. The third-order valence-electron chi connectivity index (χ3n) is 6.84. The molecule has 198 valence electrons. The number of halogens is 3. The van der Waals surface area contributed by atoms with Gasteiger partial charge in [-0.1, -0.05) is 0 Å². The second-order valence-corrected chi connectivity index (χ2v) is 10.3. The predicted molar refractivity (Wildman–Crippen MR) is 138 cm³/mol. The molecular formula is C26H19F3N6O3S. The number of aromatic nitrogens is 5. The molecule has 9 nitrogen and oxygen atoms in total. The predicted octanol–water partition coefficient (Wildman–Crippen LogP) is 3.88. The topological polar surface area (TPSA) is 112 Å². The fraction of sp³-hybridized carbons (Fsp3) is 0.231. The van der Waals surface area contributed by atoms with Gasteiger partial charge in [0.1, 0.15) is 16.2 Å². The summed E-state index contributed by atoms with van der Waals surface area (Å²) in [7, 11) is 0. The fourth-order valence-corrected chi connectivity index (χ4v) is 5.84. The number of hydrogen-bond donors (Lipinski definition) is 1. The van der Waals surface area contributed by atoms with Gasteiger partial charge in [-0.2, -0.15) is 0 Å². The van der Waals surface area contributed by atoms with E-state index in [1.807, 2.05) is 0 Å². The molecular weight excluding hydrogens is 533 g/mol. The van der Waals surface area contributed by atoms with Crippen molar-refractivity contribution >= 4 is 38.6 Å². The number of amides is 1. The van der Waals surface area contributed by atoms with Crippen molar-refractivity contribution in [2.45, 2.75) is 37.8 Å². The molecule has 5 aromatic rings. The number of nitrogens with zero attached hydrogens (tertiary/aromatic N) is 5. The number of hydrogen-bond acceptors (Lipinski definition) is 7. The highest BCUT2D eigenvalue weighted by molar-refractivity contribution is 7.20. The van der Waals surface area contributed by atoms with Crippen LogP contribution in [0.2, 0.25) is 0 Å². The van der Waals surface area contributed by atoms with Gasteiger partial charge in [0, 0.05) is 30.5 Å². The van der Waals surface area contributed by atoms with E-state index in [0.717, 1.165) is 33.5 Å². The lowest BCUT2D eigenvalue weighted by molar-refractivity contribution is 0.0926. The number of carbonyl (C=O) groups excluding carboxylic acids is 1. The van der Waals surface area contributed by atoms with E-state index in [1.54, 1.807) is 18.5 Å². The fourth-order valence-electron chi connectivity index (χ4n) is 4.98. The lowest BCUT2D eigenvalue weighted by Crippen LogP contribution is -2.45. The maximum absolute atomic E-state index is 14.1. The highest BCUT2D eigenvalue weighted by Crippen LogP contribution is 2.29. The van der Waals surface area contributed by atoms with E-state index in [-0.39, 0.29) is 28.7 Å². The van der Waals surface area contributed by atoms with E-state index in [2.05, 4.69) is 20.3 Å². The van der Waals surface area contributed by atoms with Gasteiger partial charge < -0.3 is 5.32 Å². The van der Waals surface area contributed by atoms with Crippen molar-refractivity contribution in [1.29, 1.82) is 0 Å². The van der Waals surface area contributed by atoms with E-state index in [9.17, 15) is 27.6 Å². The van der Waals surface area contributed by atoms with Crippen LogP contribution in [0.3, 0.4) is 0 Å². The molecule has 1 N–H and O–H groups in total. The number of rotatable bonds is 4. The van der Waals surface area contributed by atoms with Gasteiger partial charge in [-0.15, -0.1) is 11.3 Å². The molecule has 0 bridgehead atoms. The van der Waals surface area contributed by atoms with Gasteiger partial charge in [0.25, 0.3) is 11.5 Å². The van der Waals surface area contributed by atoms with Gasteiger partial charge in [-0.05, 0) is 49.9 Å². The molecule has 1 aliphatic rings. The average molecular weight is 553 g/mol. The molecule has 4 heterocycles. The number of fused-ring (bicyclic) bond motifs is 2. The summed E-state index contributed by atoms with van der Waals surface area (Å²) < 4.78 is 43.7. The average Bonchev–Trinajstić information content (AvgIpc) is 3.37. The second kappa shape index (κ2) is 9.73. The maximum atomic E-state index is 14.1. The number of benzene rings is 1. The first-order chi connectivity index (χ1) is 18.8. The maximum Gasteiger partial charge on any atom is 0.337 e. The largest absolute Gasteiger partial charge is 0.349 e. The summed E-state index contributed by atoms with van der Waals surface area (Å²) in [6.45, 7) is 0. The zero-order valence-corrected chi connectivity index (χ0v) is 20.9. The summed E-state index contributed by atoms with van der Waals surface area (Å²) in [5.74, 6) is -3.33. The van der Waals surface area contributed by atoms with Crippen LogP contribution in [0.5, 0.6) is 0 Å². The number of pyridine rings is 1. The molecule has 6 rings (SSSR count). The molecule has 1 amide bonds. The molecule has 0 radical (unpaired) electrons. The highest BCUT2D eigenvalue weighted by atomic mass is 32.1. The SMILES string of the molecule is O=C(NC1CCC(n2c(=O)c3cc(F)cnc3n(-c3ccc(F)c(F)c3)c2=O)CC1)c1cc2nccnc2s1. The quantitative estimate of drug-likeness (QED) is 0.362. The van der Waals surface area contributed by atoms with Crippen LogP contribution in [0.15, 0.2) is 58.5 Å². The first kappa shape index (κ1) is 24.9. The monoisotopic (exact) mass is 552 g/mol. The summed E-state index contributed by atoms with van der Waals surface area (Å²) in [6.07, 6.45) is 5.67. The third kappa shape index (κ3) is 4.48. The molecule has 0 spiro atoms. The van der Waals surface area contributed by atoms with Crippen molar-refractivity contribution in [1.82, 2.24) is 29.4 Å². The molecule has 1 saturated carbocycles. The van der Waals surface area contributed by atoms with Crippen LogP contribution in [0.4, 0.5) is 13.2 Å². The number of thiophene rings is 1. The second-order valence-electron chi connectivity index (χ2n) is 9.25. The van der Waals surface area contributed by atoms with Crippen LogP contribution >= 0.6 is 11.3 Å². The number of carbonyl (C=O) groups is 1. The molecule has 4 aromatic heterocycles. The Kier molecular flexibility index (Phi) is 6.22. The van der Waals surface area contributed by atoms with Crippen LogP contribution in [0.1, 0.15) is 41.4 Å². The van der Waals surface area contributed by atoms with E-state index >= 15 is 0 Å². The lowest BCUT2D eigenvalue weighted by atomic mass is 9.91. The molecule has 1 aliphatic carbocycles. The van der Waals surface area contributed by atoms with E-state index in [0.29, 0.717) is 40.9 Å². The summed E-state index contributed by atoms with van der Waals surface area (Å²) in [4.78, 5) is 53.2. The highest BCUT2D eigenvalue weighted by Gasteiger charge is 2.28.